The van der Waals surface area contributed by atoms with Gasteiger partial charge in [0.05, 0.1) is 6.20 Å². The number of rotatable bonds is 5. The zero-order valence-electron chi connectivity index (χ0n) is 16.3. The van der Waals surface area contributed by atoms with Crippen LogP contribution in [0.15, 0.2) is 85.2 Å². The van der Waals surface area contributed by atoms with E-state index in [-0.39, 0.29) is 0 Å². The molecule has 5 rings (SSSR count). The second-order valence-corrected chi connectivity index (χ2v) is 6.99. The van der Waals surface area contributed by atoms with Gasteiger partial charge >= 0.3 is 0 Å². The topological polar surface area (TPSA) is 75.7 Å². The number of aromatic amines is 1. The molecule has 0 bridgehead atoms. The first-order valence-corrected chi connectivity index (χ1v) is 9.62. The van der Waals surface area contributed by atoms with E-state index >= 15 is 0 Å². The molecule has 6 nitrogen and oxygen atoms in total. The van der Waals surface area contributed by atoms with Gasteiger partial charge in [0, 0.05) is 28.2 Å². The van der Waals surface area contributed by atoms with Crippen LogP contribution in [0.2, 0.25) is 0 Å². The highest BCUT2D eigenvalue weighted by Crippen LogP contribution is 2.30. The van der Waals surface area contributed by atoms with Crippen molar-refractivity contribution >= 4 is 22.4 Å². The fourth-order valence-corrected chi connectivity index (χ4v) is 3.30. The Kier molecular flexibility index (Phi) is 4.57. The molecule has 0 saturated heterocycles. The number of H-pyrrole nitrogens is 1. The highest BCUT2D eigenvalue weighted by atomic mass is 16.5. The van der Waals surface area contributed by atoms with Gasteiger partial charge in [0.2, 0.25) is 5.95 Å². The Hall–Kier alpha value is -4.19. The van der Waals surface area contributed by atoms with Crippen LogP contribution in [0.1, 0.15) is 5.56 Å². The van der Waals surface area contributed by atoms with Crippen molar-refractivity contribution in [1.82, 2.24) is 20.2 Å². The van der Waals surface area contributed by atoms with Gasteiger partial charge in [-0.15, -0.1) is 5.10 Å². The summed E-state index contributed by atoms with van der Waals surface area (Å²) in [6, 6.07) is 23.8. The van der Waals surface area contributed by atoms with Gasteiger partial charge in [-0.3, -0.25) is 10.1 Å². The molecule has 0 amide bonds. The number of fused-ring (bicyclic) bond motifs is 1. The zero-order valence-corrected chi connectivity index (χ0v) is 16.3. The third-order valence-electron chi connectivity index (χ3n) is 4.73. The van der Waals surface area contributed by atoms with Crippen LogP contribution in [0.25, 0.3) is 22.2 Å². The lowest BCUT2D eigenvalue weighted by molar-refractivity contribution is 0.486. The standard InChI is InChI=1S/C24H19N5O/c1-16-6-4-9-19(12-16)26-24-27-23(28-29-24)17-8-5-10-20(13-17)30-22-15-25-14-18-7-2-3-11-21(18)22/h2-15H,1H3,(H2,26,27,28,29). The molecule has 0 aliphatic carbocycles. The Balaban J connectivity index is 1.39. The summed E-state index contributed by atoms with van der Waals surface area (Å²) in [7, 11) is 0. The van der Waals surface area contributed by atoms with Crippen molar-refractivity contribution < 1.29 is 4.74 Å². The first-order valence-electron chi connectivity index (χ1n) is 9.62. The van der Waals surface area contributed by atoms with Crippen LogP contribution in [-0.2, 0) is 0 Å². The maximum Gasteiger partial charge on any atom is 0.246 e. The lowest BCUT2D eigenvalue weighted by atomic mass is 10.1. The molecule has 3 aromatic carbocycles. The van der Waals surface area contributed by atoms with E-state index in [0.29, 0.717) is 23.3 Å². The first kappa shape index (κ1) is 17.9. The van der Waals surface area contributed by atoms with E-state index in [0.717, 1.165) is 22.0 Å². The van der Waals surface area contributed by atoms with Gasteiger partial charge in [0.15, 0.2) is 11.6 Å². The van der Waals surface area contributed by atoms with Crippen LogP contribution >= 0.6 is 0 Å². The number of aromatic nitrogens is 4. The number of hydrogen-bond acceptors (Lipinski definition) is 5. The average Bonchev–Trinajstić information content (AvgIpc) is 3.23. The number of ether oxygens (including phenoxy) is 1. The molecule has 2 heterocycles. The maximum absolute atomic E-state index is 6.13. The van der Waals surface area contributed by atoms with Gasteiger partial charge in [-0.1, -0.05) is 48.5 Å². The molecule has 146 valence electrons. The SMILES string of the molecule is Cc1cccc(Nc2n[nH]c(-c3cccc(Oc4cncc5ccccc45)c3)n2)c1. The third kappa shape index (κ3) is 3.71. The Morgan fingerprint density at radius 1 is 0.900 bits per heavy atom. The van der Waals surface area contributed by atoms with E-state index in [1.165, 1.54) is 5.56 Å². The molecule has 0 aliphatic rings. The van der Waals surface area contributed by atoms with E-state index < -0.39 is 0 Å². The van der Waals surface area contributed by atoms with Gasteiger partial charge in [-0.2, -0.15) is 4.98 Å². The van der Waals surface area contributed by atoms with Crippen molar-refractivity contribution in [3.05, 3.63) is 90.8 Å². The summed E-state index contributed by atoms with van der Waals surface area (Å²) in [4.78, 5) is 8.84. The highest BCUT2D eigenvalue weighted by molar-refractivity contribution is 5.87. The molecule has 2 aromatic heterocycles. The van der Waals surface area contributed by atoms with Gasteiger partial charge in [-0.25, -0.2) is 0 Å². The highest BCUT2D eigenvalue weighted by Gasteiger charge is 2.09. The van der Waals surface area contributed by atoms with Gasteiger partial charge in [0.25, 0.3) is 0 Å². The van der Waals surface area contributed by atoms with E-state index in [2.05, 4.69) is 25.5 Å². The molecule has 0 saturated carbocycles. The molecule has 2 N–H and O–H groups in total. The Bertz CT molecular complexity index is 1320. The Labute approximate surface area is 173 Å². The molecule has 5 aromatic rings. The number of anilines is 2. The normalized spacial score (nSPS) is 10.8. The zero-order chi connectivity index (χ0) is 20.3. The predicted molar refractivity (Wildman–Crippen MR) is 118 cm³/mol. The van der Waals surface area contributed by atoms with E-state index in [9.17, 15) is 0 Å². The average molecular weight is 393 g/mol. The molecule has 0 fully saturated rings. The summed E-state index contributed by atoms with van der Waals surface area (Å²) in [6.45, 7) is 2.05. The molecular weight excluding hydrogens is 374 g/mol. The second kappa shape index (κ2) is 7.67. The van der Waals surface area contributed by atoms with Gasteiger partial charge < -0.3 is 10.1 Å². The number of benzene rings is 3. The Morgan fingerprint density at radius 2 is 1.80 bits per heavy atom. The minimum Gasteiger partial charge on any atom is -0.455 e. The summed E-state index contributed by atoms with van der Waals surface area (Å²) in [5.41, 5.74) is 3.00. The lowest BCUT2D eigenvalue weighted by Gasteiger charge is -2.09. The van der Waals surface area contributed by atoms with Gasteiger partial charge in [0.1, 0.15) is 5.75 Å². The molecule has 0 spiro atoms. The lowest BCUT2D eigenvalue weighted by Crippen LogP contribution is -1.92. The summed E-state index contributed by atoms with van der Waals surface area (Å²) in [5, 5.41) is 12.5. The monoisotopic (exact) mass is 393 g/mol. The maximum atomic E-state index is 6.13. The largest absolute Gasteiger partial charge is 0.455 e. The van der Waals surface area contributed by atoms with Crippen molar-refractivity contribution in [3.63, 3.8) is 0 Å². The number of nitrogens with zero attached hydrogens (tertiary/aromatic N) is 3. The predicted octanol–water partition coefficient (Wildman–Crippen LogP) is 5.86. The number of nitrogens with one attached hydrogen (secondary N) is 2. The molecule has 6 heteroatoms. The molecular formula is C24H19N5O. The summed E-state index contributed by atoms with van der Waals surface area (Å²) in [5.74, 6) is 2.59. The number of hydrogen-bond donors (Lipinski definition) is 2. The number of aryl methyl sites for hydroxylation is 1. The summed E-state index contributed by atoms with van der Waals surface area (Å²) >= 11 is 0. The first-order chi connectivity index (χ1) is 14.7. The van der Waals surface area contributed by atoms with E-state index in [1.54, 1.807) is 6.20 Å². The number of pyridine rings is 1. The molecule has 0 aliphatic heterocycles. The van der Waals surface area contributed by atoms with Gasteiger partial charge in [-0.05, 0) is 36.8 Å². The van der Waals surface area contributed by atoms with Crippen LogP contribution in [0.4, 0.5) is 11.6 Å². The second-order valence-electron chi connectivity index (χ2n) is 6.99. The van der Waals surface area contributed by atoms with Crippen LogP contribution in [-0.4, -0.2) is 20.2 Å². The van der Waals surface area contributed by atoms with E-state index in [1.807, 2.05) is 85.9 Å². The summed E-state index contributed by atoms with van der Waals surface area (Å²) < 4.78 is 6.13. The quantitative estimate of drug-likeness (QED) is 0.391. The Morgan fingerprint density at radius 3 is 2.73 bits per heavy atom. The van der Waals surface area contributed by atoms with Crippen molar-refractivity contribution in [2.45, 2.75) is 6.92 Å². The van der Waals surface area contributed by atoms with Crippen molar-refractivity contribution in [1.29, 1.82) is 0 Å². The summed E-state index contributed by atoms with van der Waals surface area (Å²) in [6.07, 6.45) is 3.56. The molecule has 30 heavy (non-hydrogen) atoms. The molecule has 0 unspecified atom stereocenters. The smallest absolute Gasteiger partial charge is 0.246 e. The van der Waals surface area contributed by atoms with E-state index in [4.69, 9.17) is 4.74 Å². The molecule has 0 radical (unpaired) electrons. The fraction of sp³-hybridized carbons (Fsp3) is 0.0417. The third-order valence-corrected chi connectivity index (χ3v) is 4.73. The van der Waals surface area contributed by atoms with Crippen LogP contribution in [0, 0.1) is 6.92 Å². The van der Waals surface area contributed by atoms with Crippen molar-refractivity contribution in [3.8, 4) is 22.9 Å². The molecule has 0 atom stereocenters. The van der Waals surface area contributed by atoms with Crippen molar-refractivity contribution in [2.24, 2.45) is 0 Å². The van der Waals surface area contributed by atoms with Crippen LogP contribution < -0.4 is 10.1 Å². The van der Waals surface area contributed by atoms with Crippen LogP contribution in [0.3, 0.4) is 0 Å². The van der Waals surface area contributed by atoms with Crippen molar-refractivity contribution in [2.75, 3.05) is 5.32 Å². The minimum atomic E-state index is 0.514. The minimum absolute atomic E-state index is 0.514. The fourth-order valence-electron chi connectivity index (χ4n) is 3.30. The van der Waals surface area contributed by atoms with Crippen LogP contribution in [0.5, 0.6) is 11.5 Å².